The van der Waals surface area contributed by atoms with Crippen molar-refractivity contribution in [3.8, 4) is 0 Å². The summed E-state index contributed by atoms with van der Waals surface area (Å²) in [5.74, 6) is 0. The van der Waals surface area contributed by atoms with Crippen molar-refractivity contribution in [1.29, 1.82) is 0 Å². The molecule has 7 heteroatoms. The smallest absolute Gasteiger partial charge is 0.410 e. The van der Waals surface area contributed by atoms with Gasteiger partial charge in [-0.1, -0.05) is 5.11 Å². The minimum Gasteiger partial charge on any atom is -0.450 e. The molecule has 0 bridgehead atoms. The summed E-state index contributed by atoms with van der Waals surface area (Å²) in [6.07, 6.45) is 0.0199. The average molecular weight is 214 g/mol. The Kier molecular flexibility index (Phi) is 4.20. The monoisotopic (exact) mass is 214 g/mol. The molecule has 0 aromatic heterocycles. The van der Waals surface area contributed by atoms with Gasteiger partial charge < -0.3 is 14.7 Å². The maximum absolute atomic E-state index is 11.4. The number of carbonyl (C=O) groups excluding carboxylic acids is 1. The van der Waals surface area contributed by atoms with Crippen LogP contribution in [0.15, 0.2) is 5.11 Å². The Labute approximate surface area is 87.3 Å². The summed E-state index contributed by atoms with van der Waals surface area (Å²) in [6.45, 7) is 2.18. The van der Waals surface area contributed by atoms with Crippen molar-refractivity contribution in [1.82, 2.24) is 4.90 Å². The van der Waals surface area contributed by atoms with Gasteiger partial charge in [-0.05, 0) is 18.9 Å². The second-order valence-electron chi connectivity index (χ2n) is 3.28. The van der Waals surface area contributed by atoms with Gasteiger partial charge in [0.05, 0.1) is 25.3 Å². The first-order valence-corrected chi connectivity index (χ1v) is 4.81. The second-order valence-corrected chi connectivity index (χ2v) is 3.28. The largest absolute Gasteiger partial charge is 0.450 e. The van der Waals surface area contributed by atoms with Gasteiger partial charge in [0.15, 0.2) is 0 Å². The van der Waals surface area contributed by atoms with Crippen LogP contribution in [0.3, 0.4) is 0 Å². The van der Waals surface area contributed by atoms with E-state index in [1.807, 2.05) is 0 Å². The van der Waals surface area contributed by atoms with Crippen molar-refractivity contribution < 1.29 is 14.6 Å². The molecule has 7 nitrogen and oxygen atoms in total. The molecular formula is C8H14N4O3. The van der Waals surface area contributed by atoms with Gasteiger partial charge in [-0.15, -0.1) is 0 Å². The van der Waals surface area contributed by atoms with Crippen molar-refractivity contribution in [2.45, 2.75) is 25.4 Å². The first-order valence-electron chi connectivity index (χ1n) is 4.81. The van der Waals surface area contributed by atoms with Crippen molar-refractivity contribution >= 4 is 6.09 Å². The number of aliphatic hydroxyl groups is 1. The first kappa shape index (κ1) is 11.6. The molecule has 1 amide bonds. The third-order valence-corrected chi connectivity index (χ3v) is 2.32. The van der Waals surface area contributed by atoms with Crippen LogP contribution in [-0.2, 0) is 4.74 Å². The van der Waals surface area contributed by atoms with Gasteiger partial charge >= 0.3 is 6.09 Å². The fraction of sp³-hybridized carbons (Fsp3) is 0.875. The van der Waals surface area contributed by atoms with Crippen molar-refractivity contribution in [2.24, 2.45) is 5.11 Å². The molecule has 1 aliphatic rings. The Morgan fingerprint density at radius 1 is 1.80 bits per heavy atom. The van der Waals surface area contributed by atoms with Gasteiger partial charge in [0.2, 0.25) is 0 Å². The molecule has 0 aromatic rings. The van der Waals surface area contributed by atoms with Gasteiger partial charge in [-0.3, -0.25) is 0 Å². The summed E-state index contributed by atoms with van der Waals surface area (Å²) >= 11 is 0. The predicted molar refractivity (Wildman–Crippen MR) is 52.2 cm³/mol. The van der Waals surface area contributed by atoms with E-state index in [-0.39, 0.29) is 18.7 Å². The minimum absolute atomic E-state index is 0.143. The number of amides is 1. The summed E-state index contributed by atoms with van der Waals surface area (Å²) in [7, 11) is 0. The van der Waals surface area contributed by atoms with E-state index in [1.165, 1.54) is 4.90 Å². The van der Waals surface area contributed by atoms with E-state index in [0.29, 0.717) is 19.6 Å². The zero-order chi connectivity index (χ0) is 11.3. The molecule has 0 aromatic carbocycles. The Morgan fingerprint density at radius 2 is 2.53 bits per heavy atom. The molecular weight excluding hydrogens is 200 g/mol. The van der Waals surface area contributed by atoms with Crippen LogP contribution in [0.1, 0.15) is 13.3 Å². The highest BCUT2D eigenvalue weighted by molar-refractivity contribution is 5.68. The van der Waals surface area contributed by atoms with Crippen molar-refractivity contribution in [2.75, 3.05) is 19.8 Å². The molecule has 0 saturated carbocycles. The van der Waals surface area contributed by atoms with Crippen LogP contribution in [0.2, 0.25) is 0 Å². The molecule has 84 valence electrons. The van der Waals surface area contributed by atoms with Gasteiger partial charge in [0.25, 0.3) is 0 Å². The topological polar surface area (TPSA) is 98.5 Å². The average Bonchev–Trinajstić information content (AvgIpc) is 2.62. The zero-order valence-electron chi connectivity index (χ0n) is 8.54. The molecule has 0 radical (unpaired) electrons. The number of nitrogens with zero attached hydrogens (tertiary/aromatic N) is 4. The Hall–Kier alpha value is -1.46. The van der Waals surface area contributed by atoms with E-state index in [9.17, 15) is 4.79 Å². The fourth-order valence-corrected chi connectivity index (χ4v) is 1.65. The minimum atomic E-state index is -0.466. The quantitative estimate of drug-likeness (QED) is 0.429. The lowest BCUT2D eigenvalue weighted by atomic mass is 10.2. The van der Waals surface area contributed by atoms with Crippen LogP contribution in [0.25, 0.3) is 10.4 Å². The predicted octanol–water partition coefficient (Wildman–Crippen LogP) is 0.888. The number of ether oxygens (including phenoxy) is 1. The summed E-state index contributed by atoms with van der Waals surface area (Å²) < 4.78 is 4.83. The maximum Gasteiger partial charge on any atom is 0.410 e. The summed E-state index contributed by atoms with van der Waals surface area (Å²) in [5.41, 5.74) is 8.28. The SMILES string of the molecule is CCOC(=O)N1C[C@H](N=[N+]=[N-])C[C@@H]1CO. The standard InChI is InChI=1S/C8H14N4O3/c1-2-15-8(14)12-4-6(10-11-9)3-7(12)5-13/h6-7,13H,2-5H2,1H3/t6-,7-/m1/s1. The molecule has 1 N–H and O–H groups in total. The zero-order valence-corrected chi connectivity index (χ0v) is 8.54. The number of likely N-dealkylation sites (tertiary alicyclic amines) is 1. The molecule has 1 heterocycles. The van der Waals surface area contributed by atoms with Crippen LogP contribution in [0.4, 0.5) is 4.79 Å². The number of aliphatic hydroxyl groups excluding tert-OH is 1. The highest BCUT2D eigenvalue weighted by Crippen LogP contribution is 2.21. The van der Waals surface area contributed by atoms with Crippen molar-refractivity contribution in [3.05, 3.63) is 10.4 Å². The van der Waals surface area contributed by atoms with Gasteiger partial charge in [-0.25, -0.2) is 4.79 Å². The first-order chi connectivity index (χ1) is 7.22. The molecule has 1 fully saturated rings. The summed E-state index contributed by atoms with van der Waals surface area (Å²) in [5, 5.41) is 12.6. The molecule has 0 unspecified atom stereocenters. The number of rotatable bonds is 3. The van der Waals surface area contributed by atoms with Crippen LogP contribution in [0.5, 0.6) is 0 Å². The lowest BCUT2D eigenvalue weighted by Gasteiger charge is -2.21. The van der Waals surface area contributed by atoms with E-state index in [2.05, 4.69) is 10.0 Å². The molecule has 1 aliphatic heterocycles. The highest BCUT2D eigenvalue weighted by atomic mass is 16.6. The van der Waals surface area contributed by atoms with E-state index in [1.54, 1.807) is 6.92 Å². The second kappa shape index (κ2) is 5.43. The van der Waals surface area contributed by atoms with Crippen molar-refractivity contribution in [3.63, 3.8) is 0 Å². The number of carbonyl (C=O) groups is 1. The van der Waals surface area contributed by atoms with Crippen LogP contribution < -0.4 is 0 Å². The maximum atomic E-state index is 11.4. The highest BCUT2D eigenvalue weighted by Gasteiger charge is 2.35. The van der Waals surface area contributed by atoms with Gasteiger partial charge in [0.1, 0.15) is 0 Å². The normalized spacial score (nSPS) is 24.8. The molecule has 15 heavy (non-hydrogen) atoms. The van der Waals surface area contributed by atoms with Crippen LogP contribution in [-0.4, -0.2) is 47.9 Å². The molecule has 2 atom stereocenters. The third-order valence-electron chi connectivity index (χ3n) is 2.32. The Bertz CT molecular complexity index is 277. The Morgan fingerprint density at radius 3 is 3.07 bits per heavy atom. The van der Waals surface area contributed by atoms with Crippen LogP contribution >= 0.6 is 0 Å². The molecule has 0 spiro atoms. The fourth-order valence-electron chi connectivity index (χ4n) is 1.65. The molecule has 1 saturated heterocycles. The number of azide groups is 1. The number of hydrogen-bond donors (Lipinski definition) is 1. The van der Waals surface area contributed by atoms with Crippen LogP contribution in [0, 0.1) is 0 Å². The molecule has 0 aliphatic carbocycles. The molecule has 1 rings (SSSR count). The number of hydrogen-bond acceptors (Lipinski definition) is 4. The van der Waals surface area contributed by atoms with Gasteiger partial charge in [0, 0.05) is 11.5 Å². The lowest BCUT2D eigenvalue weighted by Crippen LogP contribution is -2.38. The lowest BCUT2D eigenvalue weighted by molar-refractivity contribution is 0.0883. The summed E-state index contributed by atoms with van der Waals surface area (Å²) in [4.78, 5) is 15.5. The Balaban J connectivity index is 2.63. The third kappa shape index (κ3) is 2.74. The van der Waals surface area contributed by atoms with E-state index in [4.69, 9.17) is 15.4 Å². The van der Waals surface area contributed by atoms with E-state index >= 15 is 0 Å². The van der Waals surface area contributed by atoms with Gasteiger partial charge in [-0.2, -0.15) is 0 Å². The van der Waals surface area contributed by atoms with E-state index < -0.39 is 6.09 Å². The summed E-state index contributed by atoms with van der Waals surface area (Å²) in [6, 6.07) is -0.573. The van der Waals surface area contributed by atoms with E-state index in [0.717, 1.165) is 0 Å².